The summed E-state index contributed by atoms with van der Waals surface area (Å²) >= 11 is 1.38. The fourth-order valence-electron chi connectivity index (χ4n) is 3.56. The Kier molecular flexibility index (Phi) is 6.55. The summed E-state index contributed by atoms with van der Waals surface area (Å²) in [5.74, 6) is -2.33. The third kappa shape index (κ3) is 4.67. The number of fused-ring (bicyclic) bond motifs is 1. The van der Waals surface area contributed by atoms with Gasteiger partial charge in [0.2, 0.25) is 0 Å². The SMILES string of the molecule is CCOC(=O)c1c(NC(=O)c2ccc(COc3ccc(F)cc3F)o2)sc2c1CCCC2. The summed E-state index contributed by atoms with van der Waals surface area (Å²) in [6, 6.07) is 5.98. The molecule has 1 aliphatic rings. The fourth-order valence-corrected chi connectivity index (χ4v) is 4.83. The summed E-state index contributed by atoms with van der Waals surface area (Å²) in [7, 11) is 0. The van der Waals surface area contributed by atoms with E-state index in [1.165, 1.54) is 29.5 Å². The molecule has 1 aliphatic carbocycles. The molecule has 0 radical (unpaired) electrons. The summed E-state index contributed by atoms with van der Waals surface area (Å²) in [4.78, 5) is 26.4. The van der Waals surface area contributed by atoms with Gasteiger partial charge < -0.3 is 19.2 Å². The second kappa shape index (κ2) is 9.52. The molecule has 0 saturated carbocycles. The number of furan rings is 1. The number of thiophene rings is 1. The molecule has 1 aromatic carbocycles. The largest absolute Gasteiger partial charge is 0.483 e. The van der Waals surface area contributed by atoms with Gasteiger partial charge in [0, 0.05) is 10.9 Å². The molecule has 0 saturated heterocycles. The predicted molar refractivity (Wildman–Crippen MR) is 114 cm³/mol. The van der Waals surface area contributed by atoms with Crippen LogP contribution in [0.15, 0.2) is 34.7 Å². The molecule has 168 valence electrons. The standard InChI is InChI=1S/C23H21F2NO5S/c1-2-29-23(28)20-15-5-3-4-6-19(15)32-22(20)26-21(27)18-10-8-14(31-18)12-30-17-9-7-13(24)11-16(17)25/h7-11H,2-6,12H2,1H3,(H,26,27). The number of nitrogens with one attached hydrogen (secondary N) is 1. The first kappa shape index (κ1) is 22.0. The van der Waals surface area contributed by atoms with Crippen LogP contribution >= 0.6 is 11.3 Å². The van der Waals surface area contributed by atoms with Gasteiger partial charge in [-0.1, -0.05) is 0 Å². The van der Waals surface area contributed by atoms with E-state index in [1.807, 2.05) is 0 Å². The van der Waals surface area contributed by atoms with Crippen LogP contribution in [0, 0.1) is 11.6 Å². The molecular formula is C23H21F2NO5S. The number of hydrogen-bond donors (Lipinski definition) is 1. The first-order valence-electron chi connectivity index (χ1n) is 10.3. The summed E-state index contributed by atoms with van der Waals surface area (Å²) in [5.41, 5.74) is 1.37. The Morgan fingerprint density at radius 3 is 2.75 bits per heavy atom. The molecule has 0 aliphatic heterocycles. The van der Waals surface area contributed by atoms with E-state index in [1.54, 1.807) is 6.92 Å². The zero-order valence-corrected chi connectivity index (χ0v) is 18.2. The Balaban J connectivity index is 1.47. The predicted octanol–water partition coefficient (Wildman–Crippen LogP) is 5.51. The number of carbonyl (C=O) groups is 2. The van der Waals surface area contributed by atoms with Crippen molar-refractivity contribution in [1.29, 1.82) is 0 Å². The van der Waals surface area contributed by atoms with Crippen LogP contribution in [0.2, 0.25) is 0 Å². The minimum absolute atomic E-state index is 0.0179. The normalized spacial score (nSPS) is 12.8. The molecule has 0 bridgehead atoms. The zero-order valence-electron chi connectivity index (χ0n) is 17.3. The molecule has 0 fully saturated rings. The lowest BCUT2D eigenvalue weighted by Gasteiger charge is -2.12. The van der Waals surface area contributed by atoms with Gasteiger partial charge in [-0.3, -0.25) is 4.79 Å². The van der Waals surface area contributed by atoms with Gasteiger partial charge >= 0.3 is 5.97 Å². The maximum Gasteiger partial charge on any atom is 0.341 e. The highest BCUT2D eigenvalue weighted by molar-refractivity contribution is 7.17. The number of hydrogen-bond acceptors (Lipinski definition) is 6. The molecule has 0 unspecified atom stereocenters. The van der Waals surface area contributed by atoms with Crippen LogP contribution in [0.25, 0.3) is 0 Å². The number of benzene rings is 1. The van der Waals surface area contributed by atoms with Crippen LogP contribution in [-0.2, 0) is 24.2 Å². The van der Waals surface area contributed by atoms with E-state index >= 15 is 0 Å². The lowest BCUT2D eigenvalue weighted by molar-refractivity contribution is 0.0526. The Labute approximate surface area is 187 Å². The van der Waals surface area contributed by atoms with Gasteiger partial charge in [0.05, 0.1) is 12.2 Å². The molecule has 1 amide bonds. The van der Waals surface area contributed by atoms with Crippen molar-refractivity contribution >= 4 is 28.2 Å². The molecular weight excluding hydrogens is 440 g/mol. The minimum Gasteiger partial charge on any atom is -0.483 e. The molecule has 2 aromatic heterocycles. The van der Waals surface area contributed by atoms with E-state index in [2.05, 4.69) is 5.32 Å². The first-order valence-corrected chi connectivity index (χ1v) is 11.1. The number of carbonyl (C=O) groups excluding carboxylic acids is 2. The van der Waals surface area contributed by atoms with E-state index in [4.69, 9.17) is 13.9 Å². The van der Waals surface area contributed by atoms with Gasteiger partial charge in [0.25, 0.3) is 5.91 Å². The molecule has 6 nitrogen and oxygen atoms in total. The van der Waals surface area contributed by atoms with E-state index in [0.29, 0.717) is 10.6 Å². The highest BCUT2D eigenvalue weighted by atomic mass is 32.1. The molecule has 0 spiro atoms. The average molecular weight is 461 g/mol. The van der Waals surface area contributed by atoms with Crippen molar-refractivity contribution in [2.24, 2.45) is 0 Å². The van der Waals surface area contributed by atoms with Crippen molar-refractivity contribution < 1.29 is 32.3 Å². The maximum absolute atomic E-state index is 13.7. The van der Waals surface area contributed by atoms with Crippen LogP contribution in [-0.4, -0.2) is 18.5 Å². The zero-order chi connectivity index (χ0) is 22.7. The van der Waals surface area contributed by atoms with E-state index < -0.39 is 23.5 Å². The summed E-state index contributed by atoms with van der Waals surface area (Å²) < 4.78 is 42.7. The number of halogens is 2. The topological polar surface area (TPSA) is 77.8 Å². The number of aryl methyl sites for hydroxylation is 1. The van der Waals surface area contributed by atoms with Gasteiger partial charge in [-0.25, -0.2) is 13.6 Å². The molecule has 2 heterocycles. The minimum atomic E-state index is -0.831. The van der Waals surface area contributed by atoms with Crippen molar-refractivity contribution in [3.05, 3.63) is 69.5 Å². The van der Waals surface area contributed by atoms with E-state index in [9.17, 15) is 18.4 Å². The highest BCUT2D eigenvalue weighted by Crippen LogP contribution is 2.38. The third-order valence-corrected chi connectivity index (χ3v) is 6.23. The Hall–Kier alpha value is -3.20. The second-order valence-corrected chi connectivity index (χ2v) is 8.32. The van der Waals surface area contributed by atoms with Crippen LogP contribution in [0.5, 0.6) is 5.75 Å². The summed E-state index contributed by atoms with van der Waals surface area (Å²) in [5, 5.41) is 3.22. The van der Waals surface area contributed by atoms with Gasteiger partial charge in [0.1, 0.15) is 23.2 Å². The maximum atomic E-state index is 13.7. The number of anilines is 1. The van der Waals surface area contributed by atoms with Crippen molar-refractivity contribution in [1.82, 2.24) is 0 Å². The number of esters is 1. The molecule has 1 N–H and O–H groups in total. The summed E-state index contributed by atoms with van der Waals surface area (Å²) in [6.07, 6.45) is 3.67. The van der Waals surface area contributed by atoms with Crippen molar-refractivity contribution in [2.45, 2.75) is 39.2 Å². The van der Waals surface area contributed by atoms with Gasteiger partial charge in [-0.2, -0.15) is 0 Å². The average Bonchev–Trinajstić information content (AvgIpc) is 3.37. The van der Waals surface area contributed by atoms with Crippen LogP contribution in [0.3, 0.4) is 0 Å². The van der Waals surface area contributed by atoms with Crippen LogP contribution in [0.1, 0.15) is 56.9 Å². The molecule has 9 heteroatoms. The van der Waals surface area contributed by atoms with E-state index in [-0.39, 0.29) is 30.5 Å². The van der Waals surface area contributed by atoms with Gasteiger partial charge in [0.15, 0.2) is 17.3 Å². The number of amides is 1. The molecule has 3 aromatic rings. The van der Waals surface area contributed by atoms with Crippen molar-refractivity contribution in [3.63, 3.8) is 0 Å². The lowest BCUT2D eigenvalue weighted by Crippen LogP contribution is -2.15. The smallest absolute Gasteiger partial charge is 0.341 e. The second-order valence-electron chi connectivity index (χ2n) is 7.22. The van der Waals surface area contributed by atoms with Crippen molar-refractivity contribution in [2.75, 3.05) is 11.9 Å². The fraction of sp³-hybridized carbons (Fsp3) is 0.304. The Morgan fingerprint density at radius 2 is 1.97 bits per heavy atom. The third-order valence-electron chi connectivity index (χ3n) is 5.03. The quantitative estimate of drug-likeness (QED) is 0.470. The van der Waals surface area contributed by atoms with Crippen LogP contribution in [0.4, 0.5) is 13.8 Å². The monoisotopic (exact) mass is 461 g/mol. The van der Waals surface area contributed by atoms with Gasteiger partial charge in [-0.05, 0) is 62.4 Å². The van der Waals surface area contributed by atoms with E-state index in [0.717, 1.165) is 48.3 Å². The van der Waals surface area contributed by atoms with Crippen LogP contribution < -0.4 is 10.1 Å². The van der Waals surface area contributed by atoms with Crippen molar-refractivity contribution in [3.8, 4) is 5.75 Å². The molecule has 4 rings (SSSR count). The molecule has 0 atom stereocenters. The van der Waals surface area contributed by atoms with Gasteiger partial charge in [-0.15, -0.1) is 11.3 Å². The number of rotatable bonds is 7. The summed E-state index contributed by atoms with van der Waals surface area (Å²) in [6.45, 7) is 1.84. The molecule has 32 heavy (non-hydrogen) atoms. The lowest BCUT2D eigenvalue weighted by atomic mass is 9.95. The first-order chi connectivity index (χ1) is 15.5. The number of ether oxygens (including phenoxy) is 2. The Bertz CT molecular complexity index is 1150. The Morgan fingerprint density at radius 1 is 1.16 bits per heavy atom. The highest BCUT2D eigenvalue weighted by Gasteiger charge is 2.28.